The van der Waals surface area contributed by atoms with Crippen molar-refractivity contribution in [2.45, 2.75) is 19.0 Å². The number of nitrogens with zero attached hydrogens (tertiary/aromatic N) is 1. The Bertz CT molecular complexity index is 558. The van der Waals surface area contributed by atoms with Crippen LogP contribution in [0.1, 0.15) is 18.2 Å². The molecule has 2 rings (SSSR count). The van der Waals surface area contributed by atoms with E-state index in [2.05, 4.69) is 5.32 Å². The number of amides is 1. The number of nitrogens with two attached hydrogens (primary N) is 1. The van der Waals surface area contributed by atoms with Gasteiger partial charge in [0.05, 0.1) is 6.54 Å². The molecule has 1 aromatic heterocycles. The molecule has 0 spiro atoms. The van der Waals surface area contributed by atoms with Crippen LogP contribution in [-0.2, 0) is 23.9 Å². The maximum Gasteiger partial charge on any atom is 0.244 e. The average molecular weight is 257 g/mol. The van der Waals surface area contributed by atoms with Gasteiger partial charge in [-0.2, -0.15) is 0 Å². The predicted molar refractivity (Wildman–Crippen MR) is 75.2 cm³/mol. The lowest BCUT2D eigenvalue weighted by molar-refractivity contribution is -0.126. The predicted octanol–water partition coefficient (Wildman–Crippen LogP) is 1.52. The highest BCUT2D eigenvalue weighted by atomic mass is 16.2. The largest absolute Gasteiger partial charge is 0.353 e. The van der Waals surface area contributed by atoms with Crippen LogP contribution < -0.4 is 11.1 Å². The summed E-state index contributed by atoms with van der Waals surface area (Å²) >= 11 is 0. The van der Waals surface area contributed by atoms with E-state index in [4.69, 9.17) is 5.73 Å². The van der Waals surface area contributed by atoms with Crippen LogP contribution in [0.3, 0.4) is 0 Å². The molecule has 1 aromatic carbocycles. The van der Waals surface area contributed by atoms with E-state index in [0.29, 0.717) is 6.54 Å². The van der Waals surface area contributed by atoms with E-state index in [1.54, 1.807) is 6.92 Å². The van der Waals surface area contributed by atoms with E-state index in [-0.39, 0.29) is 5.91 Å². The van der Waals surface area contributed by atoms with Crippen molar-refractivity contribution in [3.63, 3.8) is 0 Å². The number of hydrogen-bond acceptors (Lipinski definition) is 2. The number of aromatic nitrogens is 1. The first kappa shape index (κ1) is 13.4. The molecule has 0 fully saturated rings. The number of benzene rings is 1. The molecule has 0 radical (unpaired) electrons. The second-order valence-electron chi connectivity index (χ2n) is 4.86. The Morgan fingerprint density at radius 3 is 2.53 bits per heavy atom. The Morgan fingerprint density at radius 2 is 1.95 bits per heavy atom. The minimum Gasteiger partial charge on any atom is -0.353 e. The zero-order valence-corrected chi connectivity index (χ0v) is 11.3. The Hall–Kier alpha value is -2.07. The van der Waals surface area contributed by atoms with Gasteiger partial charge in [0, 0.05) is 18.9 Å². The fraction of sp³-hybridized carbons (Fsp3) is 0.267. The Labute approximate surface area is 113 Å². The van der Waals surface area contributed by atoms with Gasteiger partial charge in [-0.05, 0) is 24.6 Å². The lowest BCUT2D eigenvalue weighted by Gasteiger charge is -2.24. The van der Waals surface area contributed by atoms with Crippen molar-refractivity contribution < 1.29 is 4.79 Å². The maximum atomic E-state index is 12.2. The molecule has 1 heterocycles. The van der Waals surface area contributed by atoms with Crippen LogP contribution in [-0.4, -0.2) is 10.5 Å². The number of hydrogen-bond donors (Lipinski definition) is 2. The van der Waals surface area contributed by atoms with Crippen molar-refractivity contribution in [1.29, 1.82) is 0 Å². The van der Waals surface area contributed by atoms with E-state index in [1.807, 2.05) is 60.3 Å². The van der Waals surface area contributed by atoms with Crippen molar-refractivity contribution in [2.75, 3.05) is 0 Å². The molecular formula is C15H19N3O. The van der Waals surface area contributed by atoms with E-state index in [1.165, 1.54) is 0 Å². The van der Waals surface area contributed by atoms with Gasteiger partial charge in [0.25, 0.3) is 0 Å². The zero-order valence-electron chi connectivity index (χ0n) is 11.3. The highest BCUT2D eigenvalue weighted by molar-refractivity contribution is 5.86. The summed E-state index contributed by atoms with van der Waals surface area (Å²) in [5, 5.41) is 2.88. The van der Waals surface area contributed by atoms with Crippen molar-refractivity contribution in [2.24, 2.45) is 12.8 Å². The standard InChI is InChI=1S/C15H19N3O/c1-15(16,12-7-4-3-5-8-12)14(19)17-11-13-9-6-10-18(13)2/h3-10H,11,16H2,1-2H3,(H,17,19). The van der Waals surface area contributed by atoms with Gasteiger partial charge in [-0.1, -0.05) is 30.3 Å². The topological polar surface area (TPSA) is 60.0 Å². The van der Waals surface area contributed by atoms with E-state index in [0.717, 1.165) is 11.3 Å². The summed E-state index contributed by atoms with van der Waals surface area (Å²) < 4.78 is 1.97. The summed E-state index contributed by atoms with van der Waals surface area (Å²) in [5.74, 6) is -0.181. The molecule has 1 unspecified atom stereocenters. The number of nitrogens with one attached hydrogen (secondary N) is 1. The Balaban J connectivity index is 2.05. The minimum absolute atomic E-state index is 0.181. The lowest BCUT2D eigenvalue weighted by atomic mass is 9.92. The van der Waals surface area contributed by atoms with Crippen LogP contribution in [0.4, 0.5) is 0 Å². The highest BCUT2D eigenvalue weighted by Crippen LogP contribution is 2.17. The fourth-order valence-corrected chi connectivity index (χ4v) is 1.95. The fourth-order valence-electron chi connectivity index (χ4n) is 1.95. The van der Waals surface area contributed by atoms with Gasteiger partial charge in [0.15, 0.2) is 0 Å². The maximum absolute atomic E-state index is 12.2. The van der Waals surface area contributed by atoms with Crippen LogP contribution in [0.2, 0.25) is 0 Å². The summed E-state index contributed by atoms with van der Waals surface area (Å²) in [4.78, 5) is 12.2. The summed E-state index contributed by atoms with van der Waals surface area (Å²) in [6.45, 7) is 2.20. The third-order valence-electron chi connectivity index (χ3n) is 3.33. The van der Waals surface area contributed by atoms with Crippen LogP contribution in [0.15, 0.2) is 48.7 Å². The molecule has 0 bridgehead atoms. The normalized spacial score (nSPS) is 13.8. The highest BCUT2D eigenvalue weighted by Gasteiger charge is 2.29. The smallest absolute Gasteiger partial charge is 0.244 e. The van der Waals surface area contributed by atoms with Gasteiger partial charge in [0.1, 0.15) is 5.54 Å². The lowest BCUT2D eigenvalue weighted by Crippen LogP contribution is -2.48. The van der Waals surface area contributed by atoms with E-state index in [9.17, 15) is 4.79 Å². The molecule has 2 aromatic rings. The molecule has 100 valence electrons. The first-order chi connectivity index (χ1) is 9.01. The molecule has 0 saturated heterocycles. The number of carbonyl (C=O) groups is 1. The molecule has 19 heavy (non-hydrogen) atoms. The summed E-state index contributed by atoms with van der Waals surface area (Å²) in [5.41, 5.74) is 6.96. The van der Waals surface area contributed by atoms with Crippen molar-refractivity contribution >= 4 is 5.91 Å². The molecule has 4 heteroatoms. The quantitative estimate of drug-likeness (QED) is 0.872. The first-order valence-electron chi connectivity index (χ1n) is 6.24. The summed E-state index contributed by atoms with van der Waals surface area (Å²) in [6, 6.07) is 13.3. The van der Waals surface area contributed by atoms with Gasteiger partial charge in [0.2, 0.25) is 5.91 Å². The van der Waals surface area contributed by atoms with Crippen LogP contribution >= 0.6 is 0 Å². The van der Waals surface area contributed by atoms with Gasteiger partial charge < -0.3 is 15.6 Å². The molecule has 0 saturated carbocycles. The van der Waals surface area contributed by atoms with Crippen LogP contribution in [0.5, 0.6) is 0 Å². The van der Waals surface area contributed by atoms with E-state index < -0.39 is 5.54 Å². The molecule has 0 aliphatic rings. The summed E-state index contributed by atoms with van der Waals surface area (Å²) in [6.07, 6.45) is 1.94. The third kappa shape index (κ3) is 2.85. The summed E-state index contributed by atoms with van der Waals surface area (Å²) in [7, 11) is 1.94. The van der Waals surface area contributed by atoms with Crippen molar-refractivity contribution in [1.82, 2.24) is 9.88 Å². The molecule has 0 aliphatic heterocycles. The SMILES string of the molecule is Cn1cccc1CNC(=O)C(C)(N)c1ccccc1. The number of rotatable bonds is 4. The molecule has 4 nitrogen and oxygen atoms in total. The molecule has 1 atom stereocenters. The molecule has 0 aliphatic carbocycles. The second-order valence-corrected chi connectivity index (χ2v) is 4.86. The molecular weight excluding hydrogens is 238 g/mol. The van der Waals surface area contributed by atoms with Crippen LogP contribution in [0, 0.1) is 0 Å². The van der Waals surface area contributed by atoms with Gasteiger partial charge in [-0.25, -0.2) is 0 Å². The number of aryl methyl sites for hydroxylation is 1. The minimum atomic E-state index is -1.02. The zero-order chi connectivity index (χ0) is 13.9. The average Bonchev–Trinajstić information content (AvgIpc) is 2.82. The van der Waals surface area contributed by atoms with Gasteiger partial charge >= 0.3 is 0 Å². The van der Waals surface area contributed by atoms with Crippen LogP contribution in [0.25, 0.3) is 0 Å². The molecule has 3 N–H and O–H groups in total. The Morgan fingerprint density at radius 1 is 1.26 bits per heavy atom. The van der Waals surface area contributed by atoms with Gasteiger partial charge in [-0.15, -0.1) is 0 Å². The van der Waals surface area contributed by atoms with Crippen molar-refractivity contribution in [3.05, 3.63) is 59.9 Å². The third-order valence-corrected chi connectivity index (χ3v) is 3.33. The molecule has 1 amide bonds. The monoisotopic (exact) mass is 257 g/mol. The van der Waals surface area contributed by atoms with Gasteiger partial charge in [-0.3, -0.25) is 4.79 Å². The van der Waals surface area contributed by atoms with E-state index >= 15 is 0 Å². The van der Waals surface area contributed by atoms with Crippen molar-refractivity contribution in [3.8, 4) is 0 Å². The number of carbonyl (C=O) groups excluding carboxylic acids is 1. The Kier molecular flexibility index (Phi) is 3.71. The second kappa shape index (κ2) is 5.28. The first-order valence-corrected chi connectivity index (χ1v) is 6.24.